The first-order valence-electron chi connectivity index (χ1n) is 10.2. The number of methoxy groups -OCH3 is 1. The zero-order chi connectivity index (χ0) is 25.1. The molecule has 1 aromatic heterocycles. The highest BCUT2D eigenvalue weighted by Gasteiger charge is 2.14. The molecule has 0 radical (unpaired) electrons. The fourth-order valence-electron chi connectivity index (χ4n) is 2.37. The molecule has 0 fully saturated rings. The summed E-state index contributed by atoms with van der Waals surface area (Å²) in [7, 11) is 4.98. The largest absolute Gasteiger partial charge is 0.477 e. The third-order valence-corrected chi connectivity index (χ3v) is 5.09. The molecule has 176 valence electrons. The number of aryl methyl sites for hydroxylation is 3. The Bertz CT molecular complexity index is 892. The topological polar surface area (TPSA) is 75.6 Å². The number of benzene rings is 2. The molecule has 1 heterocycles. The molecule has 0 aliphatic heterocycles. The van der Waals surface area contributed by atoms with Gasteiger partial charge in [-0.1, -0.05) is 67.9 Å². The molecule has 0 saturated carbocycles. The lowest BCUT2D eigenvalue weighted by atomic mass is 10.1. The predicted octanol–water partition coefficient (Wildman–Crippen LogP) is 6.87. The summed E-state index contributed by atoms with van der Waals surface area (Å²) in [6, 6.07) is 18.1. The van der Waals surface area contributed by atoms with Crippen molar-refractivity contribution in [3.8, 4) is 10.4 Å². The lowest BCUT2D eigenvalue weighted by molar-refractivity contribution is -0.0980. The van der Waals surface area contributed by atoms with E-state index in [9.17, 15) is 4.79 Å². The number of ether oxygens (including phenoxy) is 1. The molecule has 0 amide bonds. The average Bonchev–Trinajstić information content (AvgIpc) is 3.26. The Labute approximate surface area is 197 Å². The number of anilines is 1. The van der Waals surface area contributed by atoms with E-state index in [2.05, 4.69) is 49.0 Å². The molecule has 0 unspecified atom stereocenters. The molecule has 0 atom stereocenters. The molecule has 0 aliphatic rings. The Balaban J connectivity index is 0. The van der Waals surface area contributed by atoms with Gasteiger partial charge in [-0.2, -0.15) is 0 Å². The monoisotopic (exact) mass is 459 g/mol. The molecule has 6 heteroatoms. The predicted molar refractivity (Wildman–Crippen MR) is 138 cm³/mol. The fraction of sp³-hybridized carbons (Fsp3) is 0.308. The Morgan fingerprint density at radius 3 is 1.84 bits per heavy atom. The third-order valence-electron chi connectivity index (χ3n) is 3.92. The van der Waals surface area contributed by atoms with Gasteiger partial charge in [0.25, 0.3) is 0 Å². The summed E-state index contributed by atoms with van der Waals surface area (Å²) in [5.41, 5.74) is 5.81. The number of hydrogen-bond donors (Lipinski definition) is 2. The van der Waals surface area contributed by atoms with Crippen LogP contribution in [0.1, 0.15) is 40.2 Å². The highest BCUT2D eigenvalue weighted by atomic mass is 32.1. The van der Waals surface area contributed by atoms with Crippen molar-refractivity contribution in [1.29, 1.82) is 0 Å². The number of thiophene rings is 1. The van der Waals surface area contributed by atoms with Crippen molar-refractivity contribution < 1.29 is 19.4 Å². The minimum atomic E-state index is -0.892. The Morgan fingerprint density at radius 1 is 0.938 bits per heavy atom. The van der Waals surface area contributed by atoms with E-state index in [1.165, 1.54) is 28.0 Å². The summed E-state index contributed by atoms with van der Waals surface area (Å²) < 4.78 is 4.25. The first-order chi connectivity index (χ1) is 15.3. The highest BCUT2D eigenvalue weighted by Crippen LogP contribution is 2.34. The van der Waals surface area contributed by atoms with Crippen LogP contribution in [0.3, 0.4) is 0 Å². The second-order valence-electron chi connectivity index (χ2n) is 6.27. The second kappa shape index (κ2) is 18.8. The summed E-state index contributed by atoms with van der Waals surface area (Å²) in [6.45, 7) is 12.4. The van der Waals surface area contributed by atoms with Crippen LogP contribution < -0.4 is 5.32 Å². The van der Waals surface area contributed by atoms with Crippen LogP contribution in [-0.2, 0) is 9.53 Å². The van der Waals surface area contributed by atoms with E-state index < -0.39 is 5.97 Å². The summed E-state index contributed by atoms with van der Waals surface area (Å²) in [5.74, 6) is -0.892. The van der Waals surface area contributed by atoms with Gasteiger partial charge in [0.2, 0.25) is 0 Å². The number of nitrogens with one attached hydrogen (secondary N) is 1. The standard InChI is InChI=1S/C12H11NO2S.C9H12.C2H6O.C2H6.CH2O/c1-13-9-7-10(16-11(9)12(14)15)8-5-3-2-4-6-8;1-7-4-5-8(2)9(3)6-7;1-3-2;2*1-2/h2-7,13H,1H3,(H,14,15);4-6H,1-3H3;1-2H3;1-2H3;1H2. The quantitative estimate of drug-likeness (QED) is 0.447. The van der Waals surface area contributed by atoms with Gasteiger partial charge in [-0.15, -0.1) is 11.3 Å². The number of carboxylic acid groups (broad SMARTS) is 1. The van der Waals surface area contributed by atoms with Crippen molar-refractivity contribution in [2.24, 2.45) is 0 Å². The molecule has 0 saturated heterocycles. The van der Waals surface area contributed by atoms with Crippen LogP contribution in [-0.4, -0.2) is 39.1 Å². The van der Waals surface area contributed by atoms with E-state index in [4.69, 9.17) is 9.90 Å². The van der Waals surface area contributed by atoms with Crippen LogP contribution in [0, 0.1) is 20.8 Å². The van der Waals surface area contributed by atoms with Gasteiger partial charge >= 0.3 is 5.97 Å². The molecular formula is C26H37NO4S. The number of aromatic carboxylic acids is 1. The number of hydrogen-bond acceptors (Lipinski definition) is 5. The van der Waals surface area contributed by atoms with Crippen molar-refractivity contribution in [2.45, 2.75) is 34.6 Å². The third kappa shape index (κ3) is 11.4. The van der Waals surface area contributed by atoms with Crippen LogP contribution in [0.4, 0.5) is 5.69 Å². The number of rotatable bonds is 3. The fourth-order valence-corrected chi connectivity index (χ4v) is 3.38. The van der Waals surface area contributed by atoms with Crippen molar-refractivity contribution in [1.82, 2.24) is 0 Å². The molecule has 0 aliphatic carbocycles. The van der Waals surface area contributed by atoms with Crippen LogP contribution in [0.25, 0.3) is 10.4 Å². The van der Waals surface area contributed by atoms with Gasteiger partial charge in [0.1, 0.15) is 11.7 Å². The Morgan fingerprint density at radius 2 is 1.47 bits per heavy atom. The first kappa shape index (κ1) is 31.2. The maximum atomic E-state index is 11.0. The van der Waals surface area contributed by atoms with Crippen LogP contribution in [0.2, 0.25) is 0 Å². The van der Waals surface area contributed by atoms with Crippen LogP contribution in [0.15, 0.2) is 54.6 Å². The smallest absolute Gasteiger partial charge is 0.348 e. The maximum Gasteiger partial charge on any atom is 0.348 e. The molecule has 3 aromatic rings. The molecule has 5 nitrogen and oxygen atoms in total. The minimum absolute atomic E-state index is 0.348. The number of carboxylic acids is 1. The van der Waals surface area contributed by atoms with Gasteiger partial charge in [-0.05, 0) is 43.5 Å². The number of carbonyl (C=O) groups excluding carboxylic acids is 1. The second-order valence-corrected chi connectivity index (χ2v) is 7.32. The Kier molecular flexibility index (Phi) is 18.3. The molecule has 3 rings (SSSR count). The van der Waals surface area contributed by atoms with Gasteiger partial charge in [-0.25, -0.2) is 4.79 Å². The van der Waals surface area contributed by atoms with E-state index >= 15 is 0 Å². The van der Waals surface area contributed by atoms with Crippen molar-refractivity contribution >= 4 is 29.8 Å². The van der Waals surface area contributed by atoms with Crippen LogP contribution in [0.5, 0.6) is 0 Å². The summed E-state index contributed by atoms with van der Waals surface area (Å²) >= 11 is 1.28. The molecule has 2 aromatic carbocycles. The van der Waals surface area contributed by atoms with E-state index in [1.54, 1.807) is 21.3 Å². The summed E-state index contributed by atoms with van der Waals surface area (Å²) in [4.78, 5) is 20.3. The summed E-state index contributed by atoms with van der Waals surface area (Å²) in [6.07, 6.45) is 0. The lowest BCUT2D eigenvalue weighted by Gasteiger charge is -1.98. The molecule has 0 spiro atoms. The van der Waals surface area contributed by atoms with Gasteiger partial charge in [-0.3, -0.25) is 0 Å². The zero-order valence-electron chi connectivity index (χ0n) is 20.5. The van der Waals surface area contributed by atoms with Gasteiger partial charge in [0.15, 0.2) is 0 Å². The first-order valence-corrected chi connectivity index (χ1v) is 11.0. The summed E-state index contributed by atoms with van der Waals surface area (Å²) in [5, 5.41) is 11.9. The molecular weight excluding hydrogens is 422 g/mol. The molecule has 2 N–H and O–H groups in total. The minimum Gasteiger partial charge on any atom is -0.477 e. The zero-order valence-corrected chi connectivity index (χ0v) is 21.3. The van der Waals surface area contributed by atoms with Gasteiger partial charge in [0.05, 0.1) is 5.69 Å². The van der Waals surface area contributed by atoms with Crippen molar-refractivity contribution in [3.05, 3.63) is 76.2 Å². The number of carbonyl (C=O) groups is 2. The van der Waals surface area contributed by atoms with E-state index in [0.29, 0.717) is 10.6 Å². The van der Waals surface area contributed by atoms with E-state index in [0.717, 1.165) is 10.4 Å². The van der Waals surface area contributed by atoms with Gasteiger partial charge < -0.3 is 20.0 Å². The Hall–Kier alpha value is -2.96. The van der Waals surface area contributed by atoms with Crippen molar-refractivity contribution in [3.63, 3.8) is 0 Å². The van der Waals surface area contributed by atoms with E-state index in [1.807, 2.05) is 57.0 Å². The lowest BCUT2D eigenvalue weighted by Crippen LogP contribution is -1.97. The average molecular weight is 460 g/mol. The maximum absolute atomic E-state index is 11.0. The molecule has 32 heavy (non-hydrogen) atoms. The van der Waals surface area contributed by atoms with Crippen LogP contribution >= 0.6 is 11.3 Å². The van der Waals surface area contributed by atoms with Gasteiger partial charge in [0, 0.05) is 26.1 Å². The van der Waals surface area contributed by atoms with Crippen molar-refractivity contribution in [2.75, 3.05) is 26.6 Å². The SMILES string of the molecule is C=O.CC.CNc1cc(-c2ccccc2)sc1C(=O)O.COC.Cc1ccc(C)c(C)c1. The normalized spacial score (nSPS) is 8.62. The highest BCUT2D eigenvalue weighted by molar-refractivity contribution is 7.18. The molecule has 0 bridgehead atoms. The van der Waals surface area contributed by atoms with E-state index in [-0.39, 0.29) is 0 Å².